The minimum atomic E-state index is -1.61. The lowest BCUT2D eigenvalue weighted by atomic mass is 9.85. The number of hydrogen-bond donors (Lipinski definition) is 1. The minimum Gasteiger partial charge on any atom is -0.497 e. The summed E-state index contributed by atoms with van der Waals surface area (Å²) in [4.78, 5) is 14.4. The van der Waals surface area contributed by atoms with Crippen molar-refractivity contribution in [3.8, 4) is 17.6 Å². The number of furan rings is 1. The Labute approximate surface area is 166 Å². The topological polar surface area (TPSA) is 95.9 Å². The van der Waals surface area contributed by atoms with E-state index in [0.29, 0.717) is 27.7 Å². The van der Waals surface area contributed by atoms with Crippen LogP contribution in [0.5, 0.6) is 11.5 Å². The van der Waals surface area contributed by atoms with Crippen molar-refractivity contribution in [1.29, 1.82) is 5.26 Å². The first-order valence-electron chi connectivity index (χ1n) is 8.62. The molecule has 4 rings (SSSR count). The zero-order valence-corrected chi connectivity index (χ0v) is 16.2. The monoisotopic (exact) mass is 398 g/mol. The number of carbonyl (C=O) groups excluding carboxylic acids is 1. The zero-order chi connectivity index (χ0) is 19.9. The highest BCUT2D eigenvalue weighted by atomic mass is 32.2. The molecule has 3 heterocycles. The summed E-state index contributed by atoms with van der Waals surface area (Å²) >= 11 is 1.27. The fourth-order valence-corrected chi connectivity index (χ4v) is 5.03. The molecular formula is C20H18N2O5S. The lowest BCUT2D eigenvalue weighted by Gasteiger charge is -2.36. The van der Waals surface area contributed by atoms with E-state index in [-0.39, 0.29) is 23.8 Å². The quantitative estimate of drug-likeness (QED) is 0.846. The number of amides is 1. The van der Waals surface area contributed by atoms with Gasteiger partial charge in [0.15, 0.2) is 5.76 Å². The van der Waals surface area contributed by atoms with Crippen molar-refractivity contribution < 1.29 is 23.8 Å². The summed E-state index contributed by atoms with van der Waals surface area (Å²) in [5.41, 5.74) is -0.488. The first-order chi connectivity index (χ1) is 13.5. The lowest BCUT2D eigenvalue weighted by Crippen LogP contribution is -2.48. The summed E-state index contributed by atoms with van der Waals surface area (Å²) in [6, 6.07) is 10.8. The van der Waals surface area contributed by atoms with Crippen LogP contribution in [0.1, 0.15) is 23.7 Å². The number of rotatable bonds is 4. The van der Waals surface area contributed by atoms with Crippen molar-refractivity contribution in [2.45, 2.75) is 18.1 Å². The molecule has 2 aliphatic heterocycles. The predicted molar refractivity (Wildman–Crippen MR) is 101 cm³/mol. The number of methoxy groups -OCH3 is 2. The van der Waals surface area contributed by atoms with Crippen LogP contribution in [0.4, 0.5) is 0 Å². The molecule has 0 radical (unpaired) electrons. The second-order valence-corrected chi connectivity index (χ2v) is 7.47. The maximum absolute atomic E-state index is 13.1. The van der Waals surface area contributed by atoms with Crippen LogP contribution in [0.25, 0.3) is 0 Å². The van der Waals surface area contributed by atoms with Gasteiger partial charge in [-0.1, -0.05) is 0 Å². The van der Waals surface area contributed by atoms with E-state index in [4.69, 9.17) is 13.9 Å². The number of hydrogen-bond acceptors (Lipinski definition) is 7. The molecule has 1 aromatic heterocycles. The maximum atomic E-state index is 13.1. The molecule has 1 saturated heterocycles. The van der Waals surface area contributed by atoms with E-state index < -0.39 is 11.6 Å². The standard InChI is InChI=1S/C20H18N2O5S/c1-25-12-5-6-16(26-2)14(8-12)13-9-18(23)22-19(15(13)10-21)28-11-20(22,24)17-4-3-7-27-17/h3-8,13,24H,9,11H2,1-2H3/t13-,20-/m0/s1. The molecule has 2 atom stereocenters. The van der Waals surface area contributed by atoms with E-state index in [1.54, 1.807) is 44.6 Å². The van der Waals surface area contributed by atoms with Crippen LogP contribution in [0, 0.1) is 11.3 Å². The van der Waals surface area contributed by atoms with Crippen LogP contribution in [0.3, 0.4) is 0 Å². The van der Waals surface area contributed by atoms with Crippen LogP contribution in [0.2, 0.25) is 0 Å². The highest BCUT2D eigenvalue weighted by Crippen LogP contribution is 2.52. The van der Waals surface area contributed by atoms with Gasteiger partial charge in [0.1, 0.15) is 11.5 Å². The molecule has 8 heteroatoms. The van der Waals surface area contributed by atoms with Gasteiger partial charge >= 0.3 is 0 Å². The third-order valence-electron chi connectivity index (χ3n) is 5.04. The van der Waals surface area contributed by atoms with E-state index in [1.165, 1.54) is 22.9 Å². The zero-order valence-electron chi connectivity index (χ0n) is 15.3. The van der Waals surface area contributed by atoms with Crippen molar-refractivity contribution in [2.24, 2.45) is 0 Å². The molecular weight excluding hydrogens is 380 g/mol. The Bertz CT molecular complexity index is 995. The average molecular weight is 398 g/mol. The van der Waals surface area contributed by atoms with Gasteiger partial charge in [-0.05, 0) is 30.3 Å². The van der Waals surface area contributed by atoms with Crippen LogP contribution < -0.4 is 9.47 Å². The van der Waals surface area contributed by atoms with Crippen molar-refractivity contribution in [1.82, 2.24) is 4.90 Å². The van der Waals surface area contributed by atoms with Gasteiger partial charge in [0.05, 0.1) is 42.9 Å². The van der Waals surface area contributed by atoms with E-state index >= 15 is 0 Å². The molecule has 28 heavy (non-hydrogen) atoms. The SMILES string of the molecule is COc1ccc(OC)c([C@@H]2CC(=O)N3C(=C2C#N)SC[C@]3(O)c2ccco2)c1. The third kappa shape index (κ3) is 2.66. The minimum absolute atomic E-state index is 0.0273. The number of fused-ring (bicyclic) bond motifs is 1. The first-order valence-corrected chi connectivity index (χ1v) is 9.60. The molecule has 1 aromatic carbocycles. The number of aliphatic hydroxyl groups is 1. The Hall–Kier alpha value is -2.89. The molecule has 1 amide bonds. The molecule has 0 unspecified atom stereocenters. The Morgan fingerprint density at radius 1 is 1.36 bits per heavy atom. The number of allylic oxidation sites excluding steroid dienone is 1. The largest absolute Gasteiger partial charge is 0.497 e. The van der Waals surface area contributed by atoms with Gasteiger partial charge in [0.2, 0.25) is 11.6 Å². The number of nitriles is 1. The number of nitrogens with zero attached hydrogens (tertiary/aromatic N) is 2. The highest BCUT2D eigenvalue weighted by molar-refractivity contribution is 8.03. The summed E-state index contributed by atoms with van der Waals surface area (Å²) in [6.07, 6.45) is 1.47. The maximum Gasteiger partial charge on any atom is 0.231 e. The second-order valence-electron chi connectivity index (χ2n) is 6.51. The molecule has 1 N–H and O–H groups in total. The smallest absolute Gasteiger partial charge is 0.231 e. The number of carbonyl (C=O) groups is 1. The van der Waals surface area contributed by atoms with E-state index in [0.717, 1.165) is 0 Å². The average Bonchev–Trinajstić information content (AvgIpc) is 3.37. The number of benzene rings is 1. The van der Waals surface area contributed by atoms with E-state index in [2.05, 4.69) is 6.07 Å². The Morgan fingerprint density at radius 3 is 2.82 bits per heavy atom. The highest BCUT2D eigenvalue weighted by Gasteiger charge is 2.53. The fourth-order valence-electron chi connectivity index (χ4n) is 3.69. The lowest BCUT2D eigenvalue weighted by molar-refractivity contribution is -0.152. The molecule has 0 bridgehead atoms. The van der Waals surface area contributed by atoms with Crippen molar-refractivity contribution >= 4 is 17.7 Å². The molecule has 2 aliphatic rings. The Kier molecular flexibility index (Phi) is 4.57. The summed E-state index contributed by atoms with van der Waals surface area (Å²) < 4.78 is 16.1. The van der Waals surface area contributed by atoms with Gasteiger partial charge in [0, 0.05) is 17.9 Å². The van der Waals surface area contributed by atoms with Gasteiger partial charge in [-0.15, -0.1) is 11.8 Å². The van der Waals surface area contributed by atoms with Crippen LogP contribution >= 0.6 is 11.8 Å². The summed E-state index contributed by atoms with van der Waals surface area (Å²) in [5.74, 6) is 0.879. The molecule has 2 aromatic rings. The van der Waals surface area contributed by atoms with Gasteiger partial charge < -0.3 is 19.0 Å². The van der Waals surface area contributed by atoms with E-state index in [1.807, 2.05) is 0 Å². The normalized spacial score (nSPS) is 24.1. The molecule has 0 saturated carbocycles. The Morgan fingerprint density at radius 2 is 2.18 bits per heavy atom. The number of ether oxygens (including phenoxy) is 2. The number of thioether (sulfide) groups is 1. The summed E-state index contributed by atoms with van der Waals surface area (Å²) in [7, 11) is 3.10. The van der Waals surface area contributed by atoms with Gasteiger partial charge in [0.25, 0.3) is 0 Å². The van der Waals surface area contributed by atoms with Crippen LogP contribution in [0.15, 0.2) is 51.6 Å². The Balaban J connectivity index is 1.84. The summed E-state index contributed by atoms with van der Waals surface area (Å²) in [5, 5.41) is 21.5. The molecule has 7 nitrogen and oxygen atoms in total. The first kappa shape index (κ1) is 18.5. The summed E-state index contributed by atoms with van der Waals surface area (Å²) in [6.45, 7) is 0. The van der Waals surface area contributed by atoms with Crippen molar-refractivity contribution in [2.75, 3.05) is 20.0 Å². The van der Waals surface area contributed by atoms with E-state index in [9.17, 15) is 15.2 Å². The van der Waals surface area contributed by atoms with Crippen LogP contribution in [-0.4, -0.2) is 35.9 Å². The van der Waals surface area contributed by atoms with Gasteiger partial charge in [-0.3, -0.25) is 9.69 Å². The van der Waals surface area contributed by atoms with Crippen molar-refractivity contribution in [3.05, 3.63) is 58.5 Å². The molecule has 0 aliphatic carbocycles. The molecule has 0 spiro atoms. The van der Waals surface area contributed by atoms with Gasteiger partial charge in [-0.25, -0.2) is 0 Å². The third-order valence-corrected chi connectivity index (χ3v) is 6.26. The molecule has 1 fully saturated rings. The fraction of sp³-hybridized carbons (Fsp3) is 0.300. The molecule has 144 valence electrons. The predicted octanol–water partition coefficient (Wildman–Crippen LogP) is 2.94. The van der Waals surface area contributed by atoms with Crippen molar-refractivity contribution in [3.63, 3.8) is 0 Å². The van der Waals surface area contributed by atoms with Gasteiger partial charge in [-0.2, -0.15) is 5.26 Å². The van der Waals surface area contributed by atoms with Crippen LogP contribution in [-0.2, 0) is 10.5 Å². The second kappa shape index (κ2) is 6.93.